The Morgan fingerprint density at radius 3 is 3.17 bits per heavy atom. The van der Waals surface area contributed by atoms with Crippen molar-refractivity contribution in [3.63, 3.8) is 0 Å². The molecule has 0 spiro atoms. The summed E-state index contributed by atoms with van der Waals surface area (Å²) in [5.74, 6) is 0. The summed E-state index contributed by atoms with van der Waals surface area (Å²) in [7, 11) is 0. The average Bonchev–Trinajstić information content (AvgIpc) is 2.46. The Kier molecular flexibility index (Phi) is 3.81. The number of morpholine rings is 1. The highest BCUT2D eigenvalue weighted by atomic mass is 16.5. The molecule has 0 bridgehead atoms. The summed E-state index contributed by atoms with van der Waals surface area (Å²) in [6.07, 6.45) is 4.03. The second-order valence-electron chi connectivity index (χ2n) is 5.20. The minimum absolute atomic E-state index is 0.396. The lowest BCUT2D eigenvalue weighted by atomic mass is 10.0. The quantitative estimate of drug-likeness (QED) is 0.880. The number of hydrogen-bond donors (Lipinski definition) is 1. The van der Waals surface area contributed by atoms with Gasteiger partial charge in [-0.1, -0.05) is 18.2 Å². The molecule has 18 heavy (non-hydrogen) atoms. The van der Waals surface area contributed by atoms with Crippen LogP contribution in [0.15, 0.2) is 24.3 Å². The summed E-state index contributed by atoms with van der Waals surface area (Å²) in [4.78, 5) is 2.52. The van der Waals surface area contributed by atoms with Gasteiger partial charge in [0.1, 0.15) is 0 Å². The Morgan fingerprint density at radius 2 is 2.28 bits per heavy atom. The maximum Gasteiger partial charge on any atom is 0.0716 e. The van der Waals surface area contributed by atoms with Crippen molar-refractivity contribution >= 4 is 5.69 Å². The number of benzene rings is 1. The van der Waals surface area contributed by atoms with Crippen LogP contribution in [0.4, 0.5) is 5.69 Å². The molecule has 3 heteroatoms. The third-order valence-electron chi connectivity index (χ3n) is 3.93. The molecule has 0 amide bonds. The van der Waals surface area contributed by atoms with Gasteiger partial charge in [0.25, 0.3) is 0 Å². The Hall–Kier alpha value is -1.06. The molecule has 2 heterocycles. The van der Waals surface area contributed by atoms with Gasteiger partial charge in [0.15, 0.2) is 0 Å². The Balaban J connectivity index is 1.60. The number of hydrogen-bond acceptors (Lipinski definition) is 3. The fourth-order valence-corrected chi connectivity index (χ4v) is 2.95. The first-order chi connectivity index (χ1) is 8.93. The predicted molar refractivity (Wildman–Crippen MR) is 74.2 cm³/mol. The summed E-state index contributed by atoms with van der Waals surface area (Å²) in [6.45, 7) is 5.18. The van der Waals surface area contributed by atoms with Crippen LogP contribution in [-0.4, -0.2) is 38.9 Å². The van der Waals surface area contributed by atoms with E-state index < -0.39 is 0 Å². The number of para-hydroxylation sites is 1. The first-order valence-electron chi connectivity index (χ1n) is 7.08. The maximum atomic E-state index is 5.77. The van der Waals surface area contributed by atoms with Crippen LogP contribution in [0.1, 0.15) is 18.4 Å². The molecule has 98 valence electrons. The third-order valence-corrected chi connectivity index (χ3v) is 3.93. The minimum atomic E-state index is 0.396. The van der Waals surface area contributed by atoms with Crippen molar-refractivity contribution < 1.29 is 4.74 Å². The molecule has 0 aromatic heterocycles. The van der Waals surface area contributed by atoms with Crippen LogP contribution in [0.5, 0.6) is 0 Å². The number of nitrogens with zero attached hydrogens (tertiary/aromatic N) is 1. The van der Waals surface area contributed by atoms with E-state index in [9.17, 15) is 0 Å². The Bertz CT molecular complexity index is 388. The van der Waals surface area contributed by atoms with Gasteiger partial charge < -0.3 is 15.0 Å². The standard InChI is InChI=1S/C15H22N2O/c1-2-6-15-13(4-1)5-3-9-17(15)10-7-14-12-16-8-11-18-14/h1-2,4,6,14,16H,3,5,7-12H2. The van der Waals surface area contributed by atoms with E-state index in [0.717, 1.165) is 32.7 Å². The normalized spacial score (nSPS) is 23.8. The van der Waals surface area contributed by atoms with Gasteiger partial charge in [-0.25, -0.2) is 0 Å². The van der Waals surface area contributed by atoms with Crippen molar-refractivity contribution in [2.75, 3.05) is 37.7 Å². The summed E-state index contributed by atoms with van der Waals surface area (Å²) in [5, 5.41) is 3.40. The van der Waals surface area contributed by atoms with Gasteiger partial charge in [0, 0.05) is 31.9 Å². The molecule has 1 aromatic rings. The van der Waals surface area contributed by atoms with Crippen LogP contribution < -0.4 is 10.2 Å². The van der Waals surface area contributed by atoms with Crippen molar-refractivity contribution in [1.82, 2.24) is 5.32 Å². The molecule has 1 unspecified atom stereocenters. The van der Waals surface area contributed by atoms with Gasteiger partial charge in [-0.3, -0.25) is 0 Å². The van der Waals surface area contributed by atoms with E-state index in [0.29, 0.717) is 6.10 Å². The minimum Gasteiger partial charge on any atom is -0.376 e. The van der Waals surface area contributed by atoms with Gasteiger partial charge in [0.2, 0.25) is 0 Å². The van der Waals surface area contributed by atoms with E-state index in [2.05, 4.69) is 34.5 Å². The largest absolute Gasteiger partial charge is 0.376 e. The maximum absolute atomic E-state index is 5.77. The molecular formula is C15H22N2O. The smallest absolute Gasteiger partial charge is 0.0716 e. The SMILES string of the molecule is c1ccc2c(c1)CCCN2CCC1CNCCO1. The third kappa shape index (κ3) is 2.68. The summed E-state index contributed by atoms with van der Waals surface area (Å²) in [6, 6.07) is 8.82. The molecule has 1 N–H and O–H groups in total. The average molecular weight is 246 g/mol. The number of aryl methyl sites for hydroxylation is 1. The van der Waals surface area contributed by atoms with E-state index in [4.69, 9.17) is 4.74 Å². The van der Waals surface area contributed by atoms with Crippen LogP contribution in [-0.2, 0) is 11.2 Å². The van der Waals surface area contributed by atoms with Crippen LogP contribution >= 0.6 is 0 Å². The molecule has 2 aliphatic heterocycles. The Labute approximate surface area is 109 Å². The van der Waals surface area contributed by atoms with Crippen molar-refractivity contribution in [3.8, 4) is 0 Å². The lowest BCUT2D eigenvalue weighted by molar-refractivity contribution is 0.0248. The van der Waals surface area contributed by atoms with E-state index in [-0.39, 0.29) is 0 Å². The second kappa shape index (κ2) is 5.72. The van der Waals surface area contributed by atoms with Crippen molar-refractivity contribution in [2.24, 2.45) is 0 Å². The molecule has 1 fully saturated rings. The molecule has 0 aliphatic carbocycles. The lowest BCUT2D eigenvalue weighted by Gasteiger charge is -2.33. The zero-order chi connectivity index (χ0) is 12.2. The molecule has 3 rings (SSSR count). The van der Waals surface area contributed by atoms with E-state index >= 15 is 0 Å². The number of nitrogens with one attached hydrogen (secondary N) is 1. The van der Waals surface area contributed by atoms with Crippen LogP contribution in [0.25, 0.3) is 0 Å². The molecule has 0 saturated carbocycles. The summed E-state index contributed by atoms with van der Waals surface area (Å²) in [5.41, 5.74) is 2.94. The molecule has 3 nitrogen and oxygen atoms in total. The summed E-state index contributed by atoms with van der Waals surface area (Å²) < 4.78 is 5.77. The van der Waals surface area contributed by atoms with E-state index in [1.165, 1.54) is 30.6 Å². The molecule has 1 saturated heterocycles. The zero-order valence-electron chi connectivity index (χ0n) is 10.9. The van der Waals surface area contributed by atoms with E-state index in [1.54, 1.807) is 0 Å². The topological polar surface area (TPSA) is 24.5 Å². The van der Waals surface area contributed by atoms with Crippen molar-refractivity contribution in [1.29, 1.82) is 0 Å². The second-order valence-corrected chi connectivity index (χ2v) is 5.20. The summed E-state index contributed by atoms with van der Waals surface area (Å²) >= 11 is 0. The van der Waals surface area contributed by atoms with E-state index in [1.807, 2.05) is 0 Å². The fraction of sp³-hybridized carbons (Fsp3) is 0.600. The molecule has 2 aliphatic rings. The van der Waals surface area contributed by atoms with Gasteiger partial charge in [-0.05, 0) is 30.9 Å². The Morgan fingerprint density at radius 1 is 1.33 bits per heavy atom. The first-order valence-corrected chi connectivity index (χ1v) is 7.08. The highest BCUT2D eigenvalue weighted by Crippen LogP contribution is 2.26. The van der Waals surface area contributed by atoms with Gasteiger partial charge >= 0.3 is 0 Å². The predicted octanol–water partition coefficient (Wildman–Crippen LogP) is 1.82. The molecule has 1 atom stereocenters. The fourth-order valence-electron chi connectivity index (χ4n) is 2.95. The zero-order valence-corrected chi connectivity index (χ0v) is 10.9. The van der Waals surface area contributed by atoms with Crippen molar-refractivity contribution in [2.45, 2.75) is 25.4 Å². The monoisotopic (exact) mass is 246 g/mol. The van der Waals surface area contributed by atoms with Crippen LogP contribution in [0, 0.1) is 0 Å². The van der Waals surface area contributed by atoms with Crippen molar-refractivity contribution in [3.05, 3.63) is 29.8 Å². The number of ether oxygens (including phenoxy) is 1. The van der Waals surface area contributed by atoms with Gasteiger partial charge in [-0.2, -0.15) is 0 Å². The molecule has 0 radical (unpaired) electrons. The number of fused-ring (bicyclic) bond motifs is 1. The molecular weight excluding hydrogens is 224 g/mol. The number of anilines is 1. The van der Waals surface area contributed by atoms with Gasteiger partial charge in [0.05, 0.1) is 12.7 Å². The van der Waals surface area contributed by atoms with Gasteiger partial charge in [-0.15, -0.1) is 0 Å². The highest BCUT2D eigenvalue weighted by Gasteiger charge is 2.19. The first kappa shape index (κ1) is 12.0. The lowest BCUT2D eigenvalue weighted by Crippen LogP contribution is -2.41. The highest BCUT2D eigenvalue weighted by molar-refractivity contribution is 5.55. The number of rotatable bonds is 3. The molecule has 1 aromatic carbocycles. The van der Waals surface area contributed by atoms with Crippen LogP contribution in [0.3, 0.4) is 0 Å². The van der Waals surface area contributed by atoms with Crippen LogP contribution in [0.2, 0.25) is 0 Å².